The molecule has 0 unspecified atom stereocenters. The van der Waals surface area contributed by atoms with E-state index in [0.717, 1.165) is 0 Å². The predicted molar refractivity (Wildman–Crippen MR) is 54.7 cm³/mol. The highest BCUT2D eigenvalue weighted by Crippen LogP contribution is 2.23. The van der Waals surface area contributed by atoms with Crippen LogP contribution in [0.15, 0.2) is 18.3 Å². The zero-order chi connectivity index (χ0) is 12.9. The molecule has 0 aliphatic carbocycles. The topological polar surface area (TPSA) is 68.1 Å². The number of pyridine rings is 1. The lowest BCUT2D eigenvalue weighted by molar-refractivity contribution is -0.384. The molecule has 5 nitrogen and oxygen atoms in total. The van der Waals surface area contributed by atoms with Crippen LogP contribution in [0, 0.1) is 10.1 Å². The van der Waals surface area contributed by atoms with Gasteiger partial charge in [0, 0.05) is 25.2 Å². The van der Waals surface area contributed by atoms with Crippen LogP contribution in [0.2, 0.25) is 0 Å². The van der Waals surface area contributed by atoms with E-state index in [-0.39, 0.29) is 24.5 Å². The molecule has 8 heteroatoms. The molecule has 0 saturated heterocycles. The highest BCUT2D eigenvalue weighted by atomic mass is 19.4. The quantitative estimate of drug-likeness (QED) is 0.495. The van der Waals surface area contributed by atoms with Crippen LogP contribution in [-0.2, 0) is 0 Å². The van der Waals surface area contributed by atoms with Crippen molar-refractivity contribution in [2.75, 3.05) is 11.9 Å². The van der Waals surface area contributed by atoms with Gasteiger partial charge < -0.3 is 5.32 Å². The maximum atomic E-state index is 11.8. The summed E-state index contributed by atoms with van der Waals surface area (Å²) in [5, 5.41) is 13.1. The number of nitro groups is 1. The van der Waals surface area contributed by atoms with Crippen molar-refractivity contribution in [2.45, 2.75) is 19.0 Å². The first-order chi connectivity index (χ1) is 7.90. The van der Waals surface area contributed by atoms with Crippen molar-refractivity contribution in [1.82, 2.24) is 4.98 Å². The van der Waals surface area contributed by atoms with Gasteiger partial charge in [-0.1, -0.05) is 0 Å². The number of nitrogens with one attached hydrogen (secondary N) is 1. The van der Waals surface area contributed by atoms with Gasteiger partial charge in [-0.2, -0.15) is 13.2 Å². The minimum absolute atomic E-state index is 0.0142. The van der Waals surface area contributed by atoms with E-state index < -0.39 is 17.5 Å². The SMILES string of the molecule is O=[N+]([O-])c1cccnc1NCCCC(F)(F)F. The molecule has 0 aromatic carbocycles. The molecular weight excluding hydrogens is 239 g/mol. The van der Waals surface area contributed by atoms with Gasteiger partial charge in [0.1, 0.15) is 0 Å². The number of halogens is 3. The first-order valence-corrected chi connectivity index (χ1v) is 4.80. The molecule has 0 atom stereocenters. The Morgan fingerprint density at radius 2 is 2.18 bits per heavy atom. The van der Waals surface area contributed by atoms with E-state index in [4.69, 9.17) is 0 Å². The molecule has 0 radical (unpaired) electrons. The summed E-state index contributed by atoms with van der Waals surface area (Å²) in [6.45, 7) is -0.0165. The van der Waals surface area contributed by atoms with Crippen molar-refractivity contribution in [2.24, 2.45) is 0 Å². The molecule has 1 aromatic heterocycles. The summed E-state index contributed by atoms with van der Waals surface area (Å²) in [5.74, 6) is -0.0142. The van der Waals surface area contributed by atoms with Crippen LogP contribution in [0.25, 0.3) is 0 Å². The van der Waals surface area contributed by atoms with Crippen molar-refractivity contribution in [1.29, 1.82) is 0 Å². The maximum Gasteiger partial charge on any atom is 0.389 e. The number of alkyl halides is 3. The Bertz CT molecular complexity index is 395. The maximum absolute atomic E-state index is 11.8. The van der Waals surface area contributed by atoms with Crippen LogP contribution >= 0.6 is 0 Å². The Morgan fingerprint density at radius 1 is 1.47 bits per heavy atom. The zero-order valence-electron chi connectivity index (χ0n) is 8.70. The second-order valence-corrected chi connectivity index (χ2v) is 3.27. The molecule has 0 aliphatic rings. The molecule has 0 amide bonds. The second-order valence-electron chi connectivity index (χ2n) is 3.27. The van der Waals surface area contributed by atoms with E-state index in [0.29, 0.717) is 0 Å². The van der Waals surface area contributed by atoms with Crippen molar-refractivity contribution in [3.8, 4) is 0 Å². The van der Waals surface area contributed by atoms with Crippen molar-refractivity contribution in [3.63, 3.8) is 0 Å². The lowest BCUT2D eigenvalue weighted by Crippen LogP contribution is -2.12. The van der Waals surface area contributed by atoms with E-state index >= 15 is 0 Å². The molecule has 0 bridgehead atoms. The number of hydrogen-bond donors (Lipinski definition) is 1. The van der Waals surface area contributed by atoms with E-state index in [1.54, 1.807) is 0 Å². The Hall–Kier alpha value is -1.86. The molecule has 1 aromatic rings. The average Bonchev–Trinajstić information content (AvgIpc) is 2.23. The normalized spacial score (nSPS) is 11.2. The minimum Gasteiger partial charge on any atom is -0.364 e. The summed E-state index contributed by atoms with van der Waals surface area (Å²) in [6, 6.07) is 2.62. The molecular formula is C9H10F3N3O2. The Labute approximate surface area is 94.8 Å². The average molecular weight is 249 g/mol. The van der Waals surface area contributed by atoms with E-state index in [1.165, 1.54) is 18.3 Å². The Morgan fingerprint density at radius 3 is 2.76 bits per heavy atom. The second kappa shape index (κ2) is 5.46. The molecule has 94 valence electrons. The van der Waals surface area contributed by atoms with E-state index in [1.807, 2.05) is 0 Å². The van der Waals surface area contributed by atoms with Gasteiger partial charge in [0.05, 0.1) is 4.92 Å². The molecule has 17 heavy (non-hydrogen) atoms. The molecule has 1 N–H and O–H groups in total. The van der Waals surface area contributed by atoms with E-state index in [2.05, 4.69) is 10.3 Å². The smallest absolute Gasteiger partial charge is 0.364 e. The van der Waals surface area contributed by atoms with Crippen LogP contribution in [-0.4, -0.2) is 22.6 Å². The molecule has 0 spiro atoms. The largest absolute Gasteiger partial charge is 0.389 e. The van der Waals surface area contributed by atoms with Crippen molar-refractivity contribution < 1.29 is 18.1 Å². The first-order valence-electron chi connectivity index (χ1n) is 4.80. The third-order valence-corrected chi connectivity index (χ3v) is 1.91. The number of hydrogen-bond acceptors (Lipinski definition) is 4. The summed E-state index contributed by atoms with van der Waals surface area (Å²) < 4.78 is 35.5. The fourth-order valence-corrected chi connectivity index (χ4v) is 1.18. The molecule has 1 heterocycles. The molecule has 1 rings (SSSR count). The van der Waals surface area contributed by atoms with Gasteiger partial charge in [-0.25, -0.2) is 4.98 Å². The van der Waals surface area contributed by atoms with E-state index in [9.17, 15) is 23.3 Å². The van der Waals surface area contributed by atoms with Gasteiger partial charge in [0.15, 0.2) is 0 Å². The lowest BCUT2D eigenvalue weighted by Gasteiger charge is -2.07. The van der Waals surface area contributed by atoms with Crippen molar-refractivity contribution in [3.05, 3.63) is 28.4 Å². The van der Waals surface area contributed by atoms with Crippen LogP contribution in [0.1, 0.15) is 12.8 Å². The van der Waals surface area contributed by atoms with Crippen LogP contribution in [0.4, 0.5) is 24.7 Å². The van der Waals surface area contributed by atoms with Gasteiger partial charge in [-0.05, 0) is 12.5 Å². The first kappa shape index (κ1) is 13.2. The van der Waals surface area contributed by atoms with Crippen LogP contribution < -0.4 is 5.32 Å². The summed E-state index contributed by atoms with van der Waals surface area (Å²) in [7, 11) is 0. The number of anilines is 1. The molecule has 0 saturated carbocycles. The molecule has 0 fully saturated rings. The Kier molecular flexibility index (Phi) is 4.24. The molecule has 0 aliphatic heterocycles. The van der Waals surface area contributed by atoms with Gasteiger partial charge in [0.2, 0.25) is 5.82 Å². The summed E-state index contributed by atoms with van der Waals surface area (Å²) in [6.07, 6.45) is -3.96. The van der Waals surface area contributed by atoms with Gasteiger partial charge in [-0.15, -0.1) is 0 Å². The highest BCUT2D eigenvalue weighted by Gasteiger charge is 2.26. The van der Waals surface area contributed by atoms with Gasteiger partial charge >= 0.3 is 11.9 Å². The minimum atomic E-state index is -4.21. The monoisotopic (exact) mass is 249 g/mol. The van der Waals surface area contributed by atoms with Crippen LogP contribution in [0.5, 0.6) is 0 Å². The fraction of sp³-hybridized carbons (Fsp3) is 0.444. The summed E-state index contributed by atoms with van der Waals surface area (Å²) in [5.41, 5.74) is -0.250. The third-order valence-electron chi connectivity index (χ3n) is 1.91. The number of rotatable bonds is 5. The number of aromatic nitrogens is 1. The Balaban J connectivity index is 2.49. The third kappa shape index (κ3) is 4.66. The van der Waals surface area contributed by atoms with Gasteiger partial charge in [0.25, 0.3) is 0 Å². The summed E-state index contributed by atoms with van der Waals surface area (Å²) >= 11 is 0. The summed E-state index contributed by atoms with van der Waals surface area (Å²) in [4.78, 5) is 13.6. The lowest BCUT2D eigenvalue weighted by atomic mass is 10.3. The van der Waals surface area contributed by atoms with Gasteiger partial charge in [-0.3, -0.25) is 10.1 Å². The standard InChI is InChI=1S/C9H10F3N3O2/c10-9(11,12)4-2-6-14-8-7(15(16)17)3-1-5-13-8/h1,3,5H,2,4,6H2,(H,13,14). The highest BCUT2D eigenvalue weighted by molar-refractivity contribution is 5.54. The zero-order valence-corrected chi connectivity index (χ0v) is 8.70. The predicted octanol–water partition coefficient (Wildman–Crippen LogP) is 2.74. The van der Waals surface area contributed by atoms with Crippen LogP contribution in [0.3, 0.4) is 0 Å². The fourth-order valence-electron chi connectivity index (χ4n) is 1.18. The van der Waals surface area contributed by atoms with Crippen molar-refractivity contribution >= 4 is 11.5 Å². The number of nitrogens with zero attached hydrogens (tertiary/aromatic N) is 2.